The molecule has 1 saturated heterocycles. The summed E-state index contributed by atoms with van der Waals surface area (Å²) in [5.74, 6) is -1.29. The summed E-state index contributed by atoms with van der Waals surface area (Å²) in [5, 5.41) is 3.06. The van der Waals surface area contributed by atoms with E-state index in [2.05, 4.69) is 5.32 Å². The van der Waals surface area contributed by atoms with Gasteiger partial charge in [-0.15, -0.1) is 12.4 Å². The molecule has 118 valence electrons. The van der Waals surface area contributed by atoms with E-state index in [1.54, 1.807) is 14.0 Å². The van der Waals surface area contributed by atoms with Crippen molar-refractivity contribution in [2.24, 2.45) is 0 Å². The summed E-state index contributed by atoms with van der Waals surface area (Å²) in [6.07, 6.45) is -0.576. The average molecular weight is 321 g/mol. The fourth-order valence-corrected chi connectivity index (χ4v) is 2.19. The molecule has 7 heteroatoms. The van der Waals surface area contributed by atoms with Gasteiger partial charge in [0.1, 0.15) is 17.7 Å². The number of morpholine rings is 1. The predicted octanol–water partition coefficient (Wildman–Crippen LogP) is 1.89. The number of halogens is 3. The van der Waals surface area contributed by atoms with Crippen molar-refractivity contribution in [3.8, 4) is 0 Å². The second-order valence-corrected chi connectivity index (χ2v) is 4.85. The van der Waals surface area contributed by atoms with Crippen LogP contribution in [0.4, 0.5) is 8.78 Å². The van der Waals surface area contributed by atoms with Crippen LogP contribution in [0.25, 0.3) is 0 Å². The number of carbonyl (C=O) groups excluding carboxylic acids is 1. The summed E-state index contributed by atoms with van der Waals surface area (Å²) in [4.78, 5) is 13.6. The minimum atomic E-state index is -0.576. The molecule has 0 aliphatic carbocycles. The van der Waals surface area contributed by atoms with E-state index in [1.807, 2.05) is 0 Å². The van der Waals surface area contributed by atoms with Gasteiger partial charge in [-0.2, -0.15) is 0 Å². The molecule has 1 amide bonds. The molecular weight excluding hydrogens is 302 g/mol. The van der Waals surface area contributed by atoms with Crippen LogP contribution in [0, 0.1) is 11.6 Å². The molecule has 0 aromatic heterocycles. The topological polar surface area (TPSA) is 41.6 Å². The zero-order valence-electron chi connectivity index (χ0n) is 11.9. The number of amides is 1. The van der Waals surface area contributed by atoms with Crippen molar-refractivity contribution in [1.82, 2.24) is 10.2 Å². The highest BCUT2D eigenvalue weighted by atomic mass is 35.5. The van der Waals surface area contributed by atoms with E-state index in [4.69, 9.17) is 4.74 Å². The normalized spacial score (nSPS) is 19.5. The molecule has 1 fully saturated rings. The van der Waals surface area contributed by atoms with Crippen molar-refractivity contribution in [2.45, 2.75) is 19.1 Å². The van der Waals surface area contributed by atoms with Gasteiger partial charge in [0.15, 0.2) is 0 Å². The number of nitrogens with one attached hydrogen (secondary N) is 1. The van der Waals surface area contributed by atoms with Crippen molar-refractivity contribution in [1.29, 1.82) is 0 Å². The molecule has 1 N–H and O–H groups in total. The number of likely N-dealkylation sites (N-methyl/N-ethyl adjacent to an activating group) is 1. The fraction of sp³-hybridized carbons (Fsp3) is 0.500. The number of hydrogen-bond donors (Lipinski definition) is 1. The highest BCUT2D eigenvalue weighted by molar-refractivity contribution is 5.85. The minimum absolute atomic E-state index is 0. The summed E-state index contributed by atoms with van der Waals surface area (Å²) in [5.41, 5.74) is 0.157. The third-order valence-electron chi connectivity index (χ3n) is 3.54. The molecule has 21 heavy (non-hydrogen) atoms. The molecule has 2 rings (SSSR count). The van der Waals surface area contributed by atoms with E-state index in [0.29, 0.717) is 19.7 Å². The van der Waals surface area contributed by atoms with E-state index in [-0.39, 0.29) is 23.9 Å². The van der Waals surface area contributed by atoms with Gasteiger partial charge >= 0.3 is 0 Å². The van der Waals surface area contributed by atoms with Crippen molar-refractivity contribution in [3.63, 3.8) is 0 Å². The lowest BCUT2D eigenvalue weighted by Crippen LogP contribution is -2.48. The SMILES string of the molecule is CC(c1cc(F)ccc1F)N(C)C(=O)C1CNCCO1.Cl. The largest absolute Gasteiger partial charge is 0.366 e. The van der Waals surface area contributed by atoms with Gasteiger partial charge in [-0.25, -0.2) is 8.78 Å². The van der Waals surface area contributed by atoms with Gasteiger partial charge in [-0.05, 0) is 25.1 Å². The first-order valence-electron chi connectivity index (χ1n) is 6.54. The van der Waals surface area contributed by atoms with Gasteiger partial charge in [0.05, 0.1) is 12.6 Å². The molecule has 4 nitrogen and oxygen atoms in total. The Labute approximate surface area is 128 Å². The molecule has 0 spiro atoms. The van der Waals surface area contributed by atoms with E-state index in [9.17, 15) is 13.6 Å². The maximum Gasteiger partial charge on any atom is 0.253 e. The molecule has 1 heterocycles. The van der Waals surface area contributed by atoms with Crippen LogP contribution in [-0.4, -0.2) is 43.7 Å². The molecule has 0 radical (unpaired) electrons. The number of benzene rings is 1. The molecule has 1 aromatic carbocycles. The first kappa shape index (κ1) is 17.8. The summed E-state index contributed by atoms with van der Waals surface area (Å²) >= 11 is 0. The van der Waals surface area contributed by atoms with Crippen molar-refractivity contribution < 1.29 is 18.3 Å². The quantitative estimate of drug-likeness (QED) is 0.925. The average Bonchev–Trinajstić information content (AvgIpc) is 2.48. The van der Waals surface area contributed by atoms with Gasteiger partial charge < -0.3 is 15.0 Å². The Balaban J connectivity index is 0.00000220. The van der Waals surface area contributed by atoms with Gasteiger partial charge in [0.2, 0.25) is 0 Å². The van der Waals surface area contributed by atoms with Crippen molar-refractivity contribution in [3.05, 3.63) is 35.4 Å². The predicted molar refractivity (Wildman–Crippen MR) is 77.4 cm³/mol. The number of carbonyl (C=O) groups is 1. The van der Waals surface area contributed by atoms with Crippen LogP contribution in [0.2, 0.25) is 0 Å². The van der Waals surface area contributed by atoms with Crippen LogP contribution in [0.5, 0.6) is 0 Å². The van der Waals surface area contributed by atoms with Crippen LogP contribution in [-0.2, 0) is 9.53 Å². The number of hydrogen-bond acceptors (Lipinski definition) is 3. The summed E-state index contributed by atoms with van der Waals surface area (Å²) in [7, 11) is 1.56. The molecule has 2 unspecified atom stereocenters. The molecule has 1 aliphatic rings. The summed E-state index contributed by atoms with van der Waals surface area (Å²) in [6, 6.07) is 2.67. The van der Waals surface area contributed by atoms with Crippen molar-refractivity contribution >= 4 is 18.3 Å². The molecule has 0 saturated carbocycles. The van der Waals surface area contributed by atoms with Crippen LogP contribution in [0.3, 0.4) is 0 Å². The maximum absolute atomic E-state index is 13.7. The summed E-state index contributed by atoms with van der Waals surface area (Å²) in [6.45, 7) is 3.27. The van der Waals surface area contributed by atoms with Gasteiger partial charge in [0, 0.05) is 25.7 Å². The lowest BCUT2D eigenvalue weighted by molar-refractivity contribution is -0.145. The Morgan fingerprint density at radius 1 is 1.48 bits per heavy atom. The van der Waals surface area contributed by atoms with Crippen LogP contribution in [0.15, 0.2) is 18.2 Å². The van der Waals surface area contributed by atoms with E-state index in [0.717, 1.165) is 18.2 Å². The Hall–Kier alpha value is -1.24. The van der Waals surface area contributed by atoms with Gasteiger partial charge in [-0.3, -0.25) is 4.79 Å². The lowest BCUT2D eigenvalue weighted by atomic mass is 10.1. The number of nitrogens with zero attached hydrogens (tertiary/aromatic N) is 1. The molecule has 0 bridgehead atoms. The zero-order valence-corrected chi connectivity index (χ0v) is 12.8. The number of ether oxygens (including phenoxy) is 1. The Kier molecular flexibility index (Phi) is 6.51. The lowest BCUT2D eigenvalue weighted by Gasteiger charge is -2.31. The smallest absolute Gasteiger partial charge is 0.253 e. The Morgan fingerprint density at radius 2 is 2.19 bits per heavy atom. The monoisotopic (exact) mass is 320 g/mol. The zero-order chi connectivity index (χ0) is 14.7. The Bertz CT molecular complexity index is 496. The third-order valence-corrected chi connectivity index (χ3v) is 3.54. The highest BCUT2D eigenvalue weighted by Gasteiger charge is 2.28. The van der Waals surface area contributed by atoms with E-state index in [1.165, 1.54) is 4.90 Å². The number of rotatable bonds is 3. The Morgan fingerprint density at radius 3 is 2.81 bits per heavy atom. The summed E-state index contributed by atoms with van der Waals surface area (Å²) < 4.78 is 32.3. The standard InChI is InChI=1S/C14H18F2N2O2.ClH/c1-9(11-7-10(15)3-4-12(11)16)18(2)14(19)13-8-17-5-6-20-13;/h3-4,7,9,13,17H,5-6,8H2,1-2H3;1H. The second-order valence-electron chi connectivity index (χ2n) is 4.85. The maximum atomic E-state index is 13.7. The minimum Gasteiger partial charge on any atom is -0.366 e. The van der Waals surface area contributed by atoms with E-state index < -0.39 is 23.8 Å². The molecule has 1 aromatic rings. The van der Waals surface area contributed by atoms with Gasteiger partial charge in [0.25, 0.3) is 5.91 Å². The fourth-order valence-electron chi connectivity index (χ4n) is 2.19. The first-order valence-corrected chi connectivity index (χ1v) is 6.54. The van der Waals surface area contributed by atoms with Crippen LogP contribution < -0.4 is 5.32 Å². The van der Waals surface area contributed by atoms with Crippen LogP contribution >= 0.6 is 12.4 Å². The highest BCUT2D eigenvalue weighted by Crippen LogP contribution is 2.23. The molecular formula is C14H19ClF2N2O2. The third kappa shape index (κ3) is 4.12. The van der Waals surface area contributed by atoms with Gasteiger partial charge in [-0.1, -0.05) is 0 Å². The van der Waals surface area contributed by atoms with Crippen LogP contribution in [0.1, 0.15) is 18.5 Å². The molecule has 1 aliphatic heterocycles. The van der Waals surface area contributed by atoms with Crippen molar-refractivity contribution in [2.75, 3.05) is 26.7 Å². The first-order chi connectivity index (χ1) is 9.50. The van der Waals surface area contributed by atoms with E-state index >= 15 is 0 Å². The molecule has 2 atom stereocenters. The second kappa shape index (κ2) is 7.68.